The molecule has 1 saturated carbocycles. The minimum Gasteiger partial charge on any atom is -0.495 e. The molecule has 3 aromatic rings. The van der Waals surface area contributed by atoms with Crippen LogP contribution in [0.15, 0.2) is 66.7 Å². The number of Topliss-reactive ketones (excluding diaryl/α,β-unsaturated/α-hetero) is 1. The zero-order chi connectivity index (χ0) is 30.4. The molecule has 1 aliphatic carbocycles. The lowest BCUT2D eigenvalue weighted by Crippen LogP contribution is -2.56. The van der Waals surface area contributed by atoms with E-state index in [0.717, 1.165) is 0 Å². The summed E-state index contributed by atoms with van der Waals surface area (Å²) in [6.07, 6.45) is -0.411. The molecule has 10 heteroatoms. The van der Waals surface area contributed by atoms with Crippen LogP contribution in [0.2, 0.25) is 0 Å². The van der Waals surface area contributed by atoms with Gasteiger partial charge in [-0.1, -0.05) is 30.3 Å². The quantitative estimate of drug-likeness (QED) is 0.302. The maximum atomic E-state index is 14.0. The molecule has 0 aromatic heterocycles. The molecule has 3 aromatic carbocycles. The van der Waals surface area contributed by atoms with Gasteiger partial charge in [0.05, 0.1) is 50.8 Å². The van der Waals surface area contributed by atoms with Gasteiger partial charge in [-0.25, -0.2) is 0 Å². The highest BCUT2D eigenvalue weighted by Crippen LogP contribution is 2.48. The third-order valence-corrected chi connectivity index (χ3v) is 7.43. The summed E-state index contributed by atoms with van der Waals surface area (Å²) in [4.78, 5) is 41.6. The van der Waals surface area contributed by atoms with Gasteiger partial charge in [0.1, 0.15) is 23.2 Å². The highest BCUT2D eigenvalue weighted by Gasteiger charge is 2.56. The van der Waals surface area contributed by atoms with Gasteiger partial charge in [-0.05, 0) is 55.8 Å². The molecule has 0 heterocycles. The van der Waals surface area contributed by atoms with Crippen molar-refractivity contribution in [1.29, 1.82) is 0 Å². The summed E-state index contributed by atoms with van der Waals surface area (Å²) in [7, 11) is 4.43. The molecule has 4 rings (SSSR count). The van der Waals surface area contributed by atoms with Gasteiger partial charge < -0.3 is 34.7 Å². The van der Waals surface area contributed by atoms with E-state index in [2.05, 4.69) is 10.6 Å². The summed E-state index contributed by atoms with van der Waals surface area (Å²) in [5.74, 6) is -3.70. The van der Waals surface area contributed by atoms with Crippen LogP contribution in [0, 0.1) is 11.8 Å². The molecule has 1 aliphatic rings. The average Bonchev–Trinajstić information content (AvgIpc) is 2.97. The Morgan fingerprint density at radius 1 is 0.833 bits per heavy atom. The van der Waals surface area contributed by atoms with E-state index in [-0.39, 0.29) is 0 Å². The van der Waals surface area contributed by atoms with Gasteiger partial charge in [0.25, 0.3) is 0 Å². The highest BCUT2D eigenvalue weighted by atomic mass is 16.5. The smallest absolute Gasteiger partial charge is 0.235 e. The van der Waals surface area contributed by atoms with E-state index < -0.39 is 47.4 Å². The normalized spacial score (nSPS) is 21.7. The Kier molecular flexibility index (Phi) is 9.37. The minimum atomic E-state index is -1.79. The Hall–Kier alpha value is -4.57. The molecule has 4 unspecified atom stereocenters. The topological polar surface area (TPSA) is 132 Å². The largest absolute Gasteiger partial charge is 0.495 e. The van der Waals surface area contributed by atoms with Crippen LogP contribution in [0.3, 0.4) is 0 Å². The maximum absolute atomic E-state index is 14.0. The lowest BCUT2D eigenvalue weighted by molar-refractivity contribution is -0.150. The zero-order valence-electron chi connectivity index (χ0n) is 24.3. The third kappa shape index (κ3) is 6.18. The van der Waals surface area contributed by atoms with E-state index in [1.165, 1.54) is 28.3 Å². The molecular weight excluding hydrogens is 540 g/mol. The van der Waals surface area contributed by atoms with Crippen molar-refractivity contribution in [1.82, 2.24) is 0 Å². The van der Waals surface area contributed by atoms with Crippen LogP contribution in [0.1, 0.15) is 31.7 Å². The van der Waals surface area contributed by atoms with E-state index in [1.54, 1.807) is 66.7 Å². The molecule has 42 heavy (non-hydrogen) atoms. The van der Waals surface area contributed by atoms with Crippen molar-refractivity contribution in [3.05, 3.63) is 72.3 Å². The van der Waals surface area contributed by atoms with Crippen molar-refractivity contribution in [2.24, 2.45) is 11.8 Å². The highest BCUT2D eigenvalue weighted by molar-refractivity contribution is 6.11. The van der Waals surface area contributed by atoms with Crippen LogP contribution in [0.4, 0.5) is 11.4 Å². The molecule has 10 nitrogen and oxygen atoms in total. The third-order valence-electron chi connectivity index (χ3n) is 7.43. The van der Waals surface area contributed by atoms with Gasteiger partial charge in [-0.15, -0.1) is 0 Å². The van der Waals surface area contributed by atoms with Crippen LogP contribution in [0.5, 0.6) is 23.0 Å². The molecule has 3 N–H and O–H groups in total. The minimum absolute atomic E-state index is 0.361. The summed E-state index contributed by atoms with van der Waals surface area (Å²) in [6.45, 7) is 3.66. The first-order chi connectivity index (χ1) is 20.1. The predicted molar refractivity (Wildman–Crippen MR) is 157 cm³/mol. The van der Waals surface area contributed by atoms with Crippen LogP contribution < -0.4 is 29.6 Å². The van der Waals surface area contributed by atoms with Crippen molar-refractivity contribution in [2.75, 3.05) is 38.6 Å². The van der Waals surface area contributed by atoms with E-state index in [0.29, 0.717) is 46.5 Å². The Balaban J connectivity index is 1.84. The Bertz CT molecular complexity index is 1450. The Labute approximate surface area is 244 Å². The number of nitrogens with one attached hydrogen (secondary N) is 2. The van der Waals surface area contributed by atoms with Crippen molar-refractivity contribution in [2.45, 2.75) is 31.8 Å². The average molecular weight is 577 g/mol. The molecule has 2 amide bonds. The van der Waals surface area contributed by atoms with Crippen molar-refractivity contribution < 1.29 is 38.4 Å². The number of benzene rings is 3. The molecule has 0 spiro atoms. The number of aliphatic hydroxyl groups is 1. The second kappa shape index (κ2) is 12.9. The number of anilines is 2. The lowest BCUT2D eigenvalue weighted by Gasteiger charge is -2.44. The van der Waals surface area contributed by atoms with Crippen LogP contribution in [-0.4, -0.2) is 56.2 Å². The van der Waals surface area contributed by atoms with Gasteiger partial charge in [-0.2, -0.15) is 0 Å². The maximum Gasteiger partial charge on any atom is 0.235 e. The van der Waals surface area contributed by atoms with Crippen LogP contribution >= 0.6 is 0 Å². The van der Waals surface area contributed by atoms with Crippen molar-refractivity contribution >= 4 is 29.0 Å². The molecular formula is C32H36N2O8. The zero-order valence-corrected chi connectivity index (χ0v) is 24.3. The first-order valence-corrected chi connectivity index (χ1v) is 13.6. The monoisotopic (exact) mass is 576 g/mol. The molecule has 4 atom stereocenters. The van der Waals surface area contributed by atoms with E-state index in [9.17, 15) is 19.5 Å². The summed E-state index contributed by atoms with van der Waals surface area (Å²) >= 11 is 0. The molecule has 1 fully saturated rings. The number of carbonyl (C=O) groups is 3. The van der Waals surface area contributed by atoms with Crippen LogP contribution in [-0.2, 0) is 14.4 Å². The molecule has 0 saturated heterocycles. The molecule has 222 valence electrons. The second-order valence-corrected chi connectivity index (χ2v) is 10.2. The van der Waals surface area contributed by atoms with Crippen molar-refractivity contribution in [3.8, 4) is 23.0 Å². The van der Waals surface area contributed by atoms with E-state index in [1.807, 2.05) is 6.92 Å². The SMILES string of the molecule is CCOc1ccc(C2C(C(=O)Nc3ccccc3OC)C(=O)CC(C)(O)C2C(=O)Nc2ccccc2OC)cc1OC. The summed E-state index contributed by atoms with van der Waals surface area (Å²) in [5, 5.41) is 17.3. The second-order valence-electron chi connectivity index (χ2n) is 10.2. The number of ether oxygens (including phenoxy) is 4. The fourth-order valence-corrected chi connectivity index (χ4v) is 5.57. The number of ketones is 1. The summed E-state index contributed by atoms with van der Waals surface area (Å²) in [5.41, 5.74) is -0.589. The number of carbonyl (C=O) groups excluding carboxylic acids is 3. The fourth-order valence-electron chi connectivity index (χ4n) is 5.57. The number of methoxy groups -OCH3 is 3. The predicted octanol–water partition coefficient (Wildman–Crippen LogP) is 4.43. The van der Waals surface area contributed by atoms with Gasteiger partial charge in [0.2, 0.25) is 11.8 Å². The van der Waals surface area contributed by atoms with Gasteiger partial charge >= 0.3 is 0 Å². The lowest BCUT2D eigenvalue weighted by atomic mass is 9.61. The summed E-state index contributed by atoms with van der Waals surface area (Å²) < 4.78 is 22.0. The van der Waals surface area contributed by atoms with E-state index in [4.69, 9.17) is 18.9 Å². The number of rotatable bonds is 10. The van der Waals surface area contributed by atoms with Gasteiger partial charge in [0, 0.05) is 12.3 Å². The number of amides is 2. The van der Waals surface area contributed by atoms with E-state index >= 15 is 0 Å². The molecule has 0 bridgehead atoms. The summed E-state index contributed by atoms with van der Waals surface area (Å²) in [6, 6.07) is 18.6. The van der Waals surface area contributed by atoms with Crippen molar-refractivity contribution in [3.63, 3.8) is 0 Å². The first-order valence-electron chi connectivity index (χ1n) is 13.6. The number of hydrogen-bond donors (Lipinski definition) is 3. The Morgan fingerprint density at radius 2 is 1.38 bits per heavy atom. The number of para-hydroxylation sites is 4. The standard InChI is InChI=1S/C32H36N2O8/c1-6-42-25-16-15-19(17-26(25)41-5)27-28(30(36)33-20-11-7-9-13-23(20)39-3)22(35)18-32(2,38)29(27)31(37)34-21-12-8-10-14-24(21)40-4/h7-17,27-29,38H,6,18H2,1-5H3,(H,33,36)(H,34,37). The number of hydrogen-bond acceptors (Lipinski definition) is 8. The van der Waals surface area contributed by atoms with Gasteiger partial charge in [0.15, 0.2) is 11.5 Å². The first kappa shape index (κ1) is 30.4. The fraction of sp³-hybridized carbons (Fsp3) is 0.344. The van der Waals surface area contributed by atoms with Crippen LogP contribution in [0.25, 0.3) is 0 Å². The molecule has 0 radical (unpaired) electrons. The van der Waals surface area contributed by atoms with Gasteiger partial charge in [-0.3, -0.25) is 14.4 Å². The molecule has 0 aliphatic heterocycles. The Morgan fingerprint density at radius 3 is 1.93 bits per heavy atom.